The highest BCUT2D eigenvalue weighted by Crippen LogP contribution is 2.39. The number of ether oxygens (including phenoxy) is 1. The number of fused-ring (bicyclic) bond motifs is 3. The molecule has 0 amide bonds. The molecule has 0 aromatic rings. The molecule has 3 heterocycles. The van der Waals surface area contributed by atoms with Crippen LogP contribution in [0, 0.1) is 5.92 Å². The van der Waals surface area contributed by atoms with Gasteiger partial charge in [-0.2, -0.15) is 0 Å². The first kappa shape index (κ1) is 11.9. The summed E-state index contributed by atoms with van der Waals surface area (Å²) in [5.74, 6) is 0.963. The highest BCUT2D eigenvalue weighted by Gasteiger charge is 2.47. The molecular weight excluding hydrogens is 254 g/mol. The zero-order valence-electron chi connectivity index (χ0n) is 9.75. The van der Waals surface area contributed by atoms with Crippen LogP contribution in [0.5, 0.6) is 0 Å². The second-order valence-corrected chi connectivity index (χ2v) is 5.81. The molecule has 1 unspecified atom stereocenters. The highest BCUT2D eigenvalue weighted by molar-refractivity contribution is 9.09. The molecule has 3 aliphatic heterocycles. The van der Waals surface area contributed by atoms with Crippen LogP contribution < -0.4 is 0 Å². The topological polar surface area (TPSA) is 9.23 Å². The van der Waals surface area contributed by atoms with Crippen LogP contribution in [0.25, 0.3) is 0 Å². The van der Waals surface area contributed by atoms with E-state index in [1.807, 2.05) is 0 Å². The largest absolute Gasteiger partial charge is 0.329 e. The van der Waals surface area contributed by atoms with Gasteiger partial charge in [-0.25, -0.2) is 0 Å². The van der Waals surface area contributed by atoms with Gasteiger partial charge in [0, 0.05) is 31.0 Å². The van der Waals surface area contributed by atoms with Gasteiger partial charge >= 0.3 is 0 Å². The molecule has 3 heteroatoms. The van der Waals surface area contributed by atoms with E-state index in [1.165, 1.54) is 49.8 Å². The van der Waals surface area contributed by atoms with Gasteiger partial charge in [-0.1, -0.05) is 15.9 Å². The average Bonchev–Trinajstić information content (AvgIpc) is 2.29. The molecule has 0 N–H and O–H groups in total. The lowest BCUT2D eigenvalue weighted by molar-refractivity contribution is -0.986. The van der Waals surface area contributed by atoms with Gasteiger partial charge in [-0.05, 0) is 12.8 Å². The van der Waals surface area contributed by atoms with Gasteiger partial charge in [0.1, 0.15) is 0 Å². The third-order valence-corrected chi connectivity index (χ3v) is 4.77. The number of alkyl halides is 1. The first-order valence-electron chi connectivity index (χ1n) is 6.34. The van der Waals surface area contributed by atoms with E-state index in [0.29, 0.717) is 6.23 Å². The molecule has 0 saturated carbocycles. The van der Waals surface area contributed by atoms with Gasteiger partial charge in [0.2, 0.25) is 0 Å². The molecule has 0 aromatic carbocycles. The second kappa shape index (κ2) is 5.15. The van der Waals surface area contributed by atoms with Crippen molar-refractivity contribution < 1.29 is 9.22 Å². The minimum Gasteiger partial charge on any atom is -0.329 e. The smallest absolute Gasteiger partial charge is 0.193 e. The van der Waals surface area contributed by atoms with Crippen molar-refractivity contribution >= 4 is 15.9 Å². The lowest BCUT2D eigenvalue weighted by Gasteiger charge is -2.53. The van der Waals surface area contributed by atoms with Crippen molar-refractivity contribution in [3.05, 3.63) is 0 Å². The summed E-state index contributed by atoms with van der Waals surface area (Å²) in [5, 5.41) is 1.13. The van der Waals surface area contributed by atoms with Crippen molar-refractivity contribution in [2.45, 2.75) is 38.8 Å². The van der Waals surface area contributed by atoms with Gasteiger partial charge in [0.25, 0.3) is 0 Å². The predicted molar refractivity (Wildman–Crippen MR) is 66.0 cm³/mol. The fourth-order valence-corrected chi connectivity index (χ4v) is 3.58. The van der Waals surface area contributed by atoms with E-state index in [-0.39, 0.29) is 0 Å². The molecule has 3 rings (SSSR count). The molecule has 2 bridgehead atoms. The molecule has 15 heavy (non-hydrogen) atoms. The van der Waals surface area contributed by atoms with E-state index in [0.717, 1.165) is 17.9 Å². The van der Waals surface area contributed by atoms with Crippen LogP contribution in [-0.2, 0) is 4.74 Å². The van der Waals surface area contributed by atoms with E-state index in [2.05, 4.69) is 22.9 Å². The van der Waals surface area contributed by atoms with E-state index >= 15 is 0 Å². The summed E-state index contributed by atoms with van der Waals surface area (Å²) < 4.78 is 7.23. The number of nitrogens with zero attached hydrogens (tertiary/aromatic N) is 1. The molecule has 2 nitrogen and oxygen atoms in total. The monoisotopic (exact) mass is 276 g/mol. The van der Waals surface area contributed by atoms with E-state index in [9.17, 15) is 0 Å². The Balaban J connectivity index is 2.01. The summed E-state index contributed by atoms with van der Waals surface area (Å²) in [6.45, 7) is 7.05. The summed E-state index contributed by atoms with van der Waals surface area (Å²) in [4.78, 5) is 0. The molecule has 0 spiro atoms. The number of quaternary nitrogens is 1. The Morgan fingerprint density at radius 3 is 2.67 bits per heavy atom. The van der Waals surface area contributed by atoms with Crippen molar-refractivity contribution in [3.63, 3.8) is 0 Å². The molecule has 3 saturated heterocycles. The van der Waals surface area contributed by atoms with Gasteiger partial charge < -0.3 is 4.74 Å². The predicted octanol–water partition coefficient (Wildman–Crippen LogP) is 2.76. The summed E-state index contributed by atoms with van der Waals surface area (Å²) in [5.41, 5.74) is 0. The highest BCUT2D eigenvalue weighted by atomic mass is 79.9. The SMILES string of the molecule is CCOC1CC2CC[N+]1(CCCBr)CC2. The van der Waals surface area contributed by atoms with E-state index < -0.39 is 0 Å². The van der Waals surface area contributed by atoms with Crippen LogP contribution in [-0.4, -0.2) is 42.3 Å². The molecule has 0 aromatic heterocycles. The zero-order chi connectivity index (χ0) is 10.7. The van der Waals surface area contributed by atoms with Crippen molar-refractivity contribution in [2.24, 2.45) is 5.92 Å². The Kier molecular flexibility index (Phi) is 4.08. The van der Waals surface area contributed by atoms with Gasteiger partial charge in [0.05, 0.1) is 26.2 Å². The van der Waals surface area contributed by atoms with Crippen LogP contribution in [0.1, 0.15) is 32.6 Å². The second-order valence-electron chi connectivity index (χ2n) is 5.02. The Bertz CT molecular complexity index is 202. The maximum absolute atomic E-state index is 5.97. The van der Waals surface area contributed by atoms with Crippen molar-refractivity contribution in [1.82, 2.24) is 0 Å². The van der Waals surface area contributed by atoms with Crippen molar-refractivity contribution in [3.8, 4) is 0 Å². The normalized spacial score (nSPS) is 39.6. The Morgan fingerprint density at radius 2 is 2.07 bits per heavy atom. The van der Waals surface area contributed by atoms with Crippen LogP contribution in [0.3, 0.4) is 0 Å². The summed E-state index contributed by atoms with van der Waals surface area (Å²) in [6, 6.07) is 0. The quantitative estimate of drug-likeness (QED) is 0.554. The third-order valence-electron chi connectivity index (χ3n) is 4.21. The van der Waals surface area contributed by atoms with E-state index in [1.54, 1.807) is 0 Å². The minimum absolute atomic E-state index is 0.515. The van der Waals surface area contributed by atoms with Gasteiger partial charge in [0.15, 0.2) is 6.23 Å². The number of halogens is 1. The Morgan fingerprint density at radius 1 is 1.33 bits per heavy atom. The van der Waals surface area contributed by atoms with Crippen molar-refractivity contribution in [2.75, 3.05) is 31.6 Å². The standard InChI is InChI=1S/C12H23BrNO/c1-2-15-12-10-11-4-8-14(12,9-5-11)7-3-6-13/h11-12H,2-10H2,1H3/q+1. The summed E-state index contributed by atoms with van der Waals surface area (Å²) in [7, 11) is 0. The lowest BCUT2D eigenvalue weighted by Crippen LogP contribution is -2.65. The molecule has 0 radical (unpaired) electrons. The van der Waals surface area contributed by atoms with Crippen LogP contribution >= 0.6 is 15.9 Å². The number of piperidine rings is 3. The van der Waals surface area contributed by atoms with Gasteiger partial charge in [-0.3, -0.25) is 4.48 Å². The summed E-state index contributed by atoms with van der Waals surface area (Å²) >= 11 is 3.55. The first-order chi connectivity index (χ1) is 7.30. The fourth-order valence-electron chi connectivity index (χ4n) is 3.33. The zero-order valence-corrected chi connectivity index (χ0v) is 11.3. The molecule has 3 aliphatic rings. The molecule has 3 fully saturated rings. The minimum atomic E-state index is 0.515. The van der Waals surface area contributed by atoms with Crippen LogP contribution in [0.15, 0.2) is 0 Å². The van der Waals surface area contributed by atoms with Crippen molar-refractivity contribution in [1.29, 1.82) is 0 Å². The van der Waals surface area contributed by atoms with Crippen LogP contribution in [0.4, 0.5) is 0 Å². The Hall–Kier alpha value is 0.400. The third kappa shape index (κ3) is 2.40. The first-order valence-corrected chi connectivity index (χ1v) is 7.46. The molecular formula is C12H23BrNO+. The number of hydrogen-bond acceptors (Lipinski definition) is 1. The lowest BCUT2D eigenvalue weighted by atomic mass is 9.84. The number of hydrogen-bond donors (Lipinski definition) is 0. The molecule has 88 valence electrons. The fraction of sp³-hybridized carbons (Fsp3) is 1.00. The van der Waals surface area contributed by atoms with E-state index in [4.69, 9.17) is 4.74 Å². The average molecular weight is 277 g/mol. The molecule has 1 atom stereocenters. The maximum Gasteiger partial charge on any atom is 0.193 e. The van der Waals surface area contributed by atoms with Crippen LogP contribution in [0.2, 0.25) is 0 Å². The molecule has 0 aliphatic carbocycles. The Labute approximate surface area is 102 Å². The summed E-state index contributed by atoms with van der Waals surface area (Å²) in [6.07, 6.45) is 5.99. The maximum atomic E-state index is 5.97. The number of rotatable bonds is 5. The van der Waals surface area contributed by atoms with Gasteiger partial charge in [-0.15, -0.1) is 0 Å².